The molecule has 0 fully saturated rings. The molecule has 0 aliphatic heterocycles. The summed E-state index contributed by atoms with van der Waals surface area (Å²) in [7, 11) is 0. The molecular weight excluding hydrogens is 212 g/mol. The molecule has 0 radical (unpaired) electrons. The summed E-state index contributed by atoms with van der Waals surface area (Å²) in [4.78, 5) is 12.0. The lowest BCUT2D eigenvalue weighted by atomic mass is 10.1. The van der Waals surface area contributed by atoms with Crippen molar-refractivity contribution in [1.82, 2.24) is 5.32 Å². The average Bonchev–Trinajstić information content (AvgIpc) is 2.36. The number of carbonyl (C=O) groups is 1. The highest BCUT2D eigenvalue weighted by Gasteiger charge is 2.12. The van der Waals surface area contributed by atoms with Crippen LogP contribution in [0.4, 0.5) is 5.69 Å². The summed E-state index contributed by atoms with van der Waals surface area (Å²) in [6.45, 7) is 4.71. The number of rotatable bonds is 5. The second kappa shape index (κ2) is 6.59. The van der Waals surface area contributed by atoms with E-state index in [9.17, 15) is 4.79 Å². The Balaban J connectivity index is 2.85. The van der Waals surface area contributed by atoms with Crippen molar-refractivity contribution in [3.05, 3.63) is 29.8 Å². The van der Waals surface area contributed by atoms with Crippen LogP contribution in [0.15, 0.2) is 24.3 Å². The monoisotopic (exact) mass is 230 g/mol. The quantitative estimate of drug-likeness (QED) is 0.762. The van der Waals surface area contributed by atoms with Crippen LogP contribution < -0.4 is 10.6 Å². The summed E-state index contributed by atoms with van der Waals surface area (Å²) in [5.41, 5.74) is 1.46. The molecule has 0 spiro atoms. The predicted molar refractivity (Wildman–Crippen MR) is 71.0 cm³/mol. The number of nitrogens with one attached hydrogen (secondary N) is 2. The Kier molecular flexibility index (Phi) is 5.09. The van der Waals surface area contributed by atoms with E-state index in [4.69, 9.17) is 6.42 Å². The summed E-state index contributed by atoms with van der Waals surface area (Å²) in [6, 6.07) is 7.20. The van der Waals surface area contributed by atoms with Crippen LogP contribution in [0.5, 0.6) is 0 Å². The first kappa shape index (κ1) is 13.1. The Morgan fingerprint density at radius 1 is 1.41 bits per heavy atom. The number of carbonyl (C=O) groups excluding carboxylic acids is 1. The lowest BCUT2D eigenvalue weighted by Gasteiger charge is -2.13. The smallest absolute Gasteiger partial charge is 0.254 e. The Hall–Kier alpha value is -1.95. The van der Waals surface area contributed by atoms with Crippen molar-refractivity contribution in [2.75, 3.05) is 11.9 Å². The van der Waals surface area contributed by atoms with Crippen molar-refractivity contribution in [3.8, 4) is 12.3 Å². The maximum absolute atomic E-state index is 12.0. The van der Waals surface area contributed by atoms with Gasteiger partial charge in [-0.1, -0.05) is 25.0 Å². The first-order valence-electron chi connectivity index (χ1n) is 5.82. The molecule has 0 heterocycles. The van der Waals surface area contributed by atoms with Crippen LogP contribution in [-0.2, 0) is 0 Å². The minimum atomic E-state index is -0.211. The summed E-state index contributed by atoms with van der Waals surface area (Å²) in [6.07, 6.45) is 6.05. The number of hydrogen-bond acceptors (Lipinski definition) is 2. The Labute approximate surface area is 103 Å². The van der Waals surface area contributed by atoms with Gasteiger partial charge in [0.15, 0.2) is 0 Å². The Morgan fingerprint density at radius 2 is 2.12 bits per heavy atom. The van der Waals surface area contributed by atoms with Gasteiger partial charge in [-0.25, -0.2) is 0 Å². The number of para-hydroxylation sites is 1. The Morgan fingerprint density at radius 3 is 2.71 bits per heavy atom. The SMILES string of the molecule is C#CC(CC)NC(=O)c1ccccc1NCC. The topological polar surface area (TPSA) is 41.1 Å². The molecule has 0 bridgehead atoms. The summed E-state index contributed by atoms with van der Waals surface area (Å²) in [5, 5.41) is 5.97. The van der Waals surface area contributed by atoms with E-state index in [1.165, 1.54) is 0 Å². The maximum atomic E-state index is 12.0. The molecule has 2 N–H and O–H groups in total. The number of hydrogen-bond donors (Lipinski definition) is 2. The molecule has 3 heteroatoms. The first-order chi connectivity index (χ1) is 8.22. The van der Waals surface area contributed by atoms with Crippen molar-refractivity contribution in [2.45, 2.75) is 26.3 Å². The van der Waals surface area contributed by atoms with E-state index in [2.05, 4.69) is 16.6 Å². The third-order valence-corrected chi connectivity index (χ3v) is 2.45. The summed E-state index contributed by atoms with van der Waals surface area (Å²) < 4.78 is 0. The second-order valence-electron chi connectivity index (χ2n) is 3.68. The van der Waals surface area contributed by atoms with Crippen molar-refractivity contribution >= 4 is 11.6 Å². The average molecular weight is 230 g/mol. The van der Waals surface area contributed by atoms with Gasteiger partial charge in [-0.2, -0.15) is 0 Å². The van der Waals surface area contributed by atoms with Gasteiger partial charge >= 0.3 is 0 Å². The zero-order valence-electron chi connectivity index (χ0n) is 10.3. The van der Waals surface area contributed by atoms with Gasteiger partial charge in [0.1, 0.15) is 0 Å². The first-order valence-corrected chi connectivity index (χ1v) is 5.82. The van der Waals surface area contributed by atoms with E-state index in [1.54, 1.807) is 6.07 Å². The van der Waals surface area contributed by atoms with Crippen LogP contribution in [0.3, 0.4) is 0 Å². The normalized spacial score (nSPS) is 11.4. The highest BCUT2D eigenvalue weighted by atomic mass is 16.1. The van der Waals surface area contributed by atoms with Gasteiger partial charge in [0.2, 0.25) is 0 Å². The van der Waals surface area contributed by atoms with Crippen molar-refractivity contribution in [2.24, 2.45) is 0 Å². The van der Waals surface area contributed by atoms with Crippen LogP contribution in [-0.4, -0.2) is 18.5 Å². The van der Waals surface area contributed by atoms with E-state index in [1.807, 2.05) is 32.0 Å². The molecule has 3 nitrogen and oxygen atoms in total. The van der Waals surface area contributed by atoms with E-state index >= 15 is 0 Å². The largest absolute Gasteiger partial charge is 0.385 e. The van der Waals surface area contributed by atoms with E-state index in [-0.39, 0.29) is 11.9 Å². The fraction of sp³-hybridized carbons (Fsp3) is 0.357. The molecule has 1 aromatic rings. The molecule has 1 amide bonds. The molecule has 0 aliphatic rings. The molecule has 0 aliphatic carbocycles. The fourth-order valence-electron chi connectivity index (χ4n) is 1.52. The molecule has 1 atom stereocenters. The third kappa shape index (κ3) is 3.53. The zero-order valence-corrected chi connectivity index (χ0v) is 10.3. The van der Waals surface area contributed by atoms with Gasteiger partial charge < -0.3 is 10.6 Å². The van der Waals surface area contributed by atoms with Gasteiger partial charge in [-0.15, -0.1) is 6.42 Å². The molecule has 0 saturated carbocycles. The van der Waals surface area contributed by atoms with Crippen LogP contribution in [0.2, 0.25) is 0 Å². The number of benzene rings is 1. The Bertz CT molecular complexity index is 420. The molecular formula is C14H18N2O. The molecule has 1 unspecified atom stereocenters. The van der Waals surface area contributed by atoms with E-state index in [0.29, 0.717) is 5.56 Å². The van der Waals surface area contributed by atoms with Crippen LogP contribution in [0.25, 0.3) is 0 Å². The van der Waals surface area contributed by atoms with Gasteiger partial charge in [-0.3, -0.25) is 4.79 Å². The lowest BCUT2D eigenvalue weighted by Crippen LogP contribution is -2.33. The van der Waals surface area contributed by atoms with Gasteiger partial charge in [0.25, 0.3) is 5.91 Å². The van der Waals surface area contributed by atoms with Crippen molar-refractivity contribution in [3.63, 3.8) is 0 Å². The van der Waals surface area contributed by atoms with Crippen LogP contribution in [0.1, 0.15) is 30.6 Å². The summed E-state index contributed by atoms with van der Waals surface area (Å²) >= 11 is 0. The highest BCUT2D eigenvalue weighted by molar-refractivity contribution is 5.99. The molecule has 0 aromatic heterocycles. The molecule has 0 saturated heterocycles. The van der Waals surface area contributed by atoms with E-state index in [0.717, 1.165) is 18.7 Å². The van der Waals surface area contributed by atoms with Gasteiger partial charge in [0, 0.05) is 12.2 Å². The number of terminal acetylenes is 1. The zero-order chi connectivity index (χ0) is 12.7. The molecule has 1 aromatic carbocycles. The van der Waals surface area contributed by atoms with Crippen LogP contribution >= 0.6 is 0 Å². The maximum Gasteiger partial charge on any atom is 0.254 e. The molecule has 17 heavy (non-hydrogen) atoms. The van der Waals surface area contributed by atoms with Gasteiger partial charge in [0.05, 0.1) is 11.6 Å². The van der Waals surface area contributed by atoms with Crippen molar-refractivity contribution < 1.29 is 4.79 Å². The fourth-order valence-corrected chi connectivity index (χ4v) is 1.52. The second-order valence-corrected chi connectivity index (χ2v) is 3.68. The van der Waals surface area contributed by atoms with E-state index < -0.39 is 0 Å². The molecule has 90 valence electrons. The predicted octanol–water partition coefficient (Wildman–Crippen LogP) is 2.26. The number of amides is 1. The minimum Gasteiger partial charge on any atom is -0.385 e. The minimum absolute atomic E-state index is 0.133. The van der Waals surface area contributed by atoms with Crippen molar-refractivity contribution in [1.29, 1.82) is 0 Å². The van der Waals surface area contributed by atoms with Gasteiger partial charge in [-0.05, 0) is 25.5 Å². The third-order valence-electron chi connectivity index (χ3n) is 2.45. The highest BCUT2D eigenvalue weighted by Crippen LogP contribution is 2.14. The summed E-state index contributed by atoms with van der Waals surface area (Å²) in [5.74, 6) is 2.42. The number of anilines is 1. The molecule has 1 rings (SSSR count). The lowest BCUT2D eigenvalue weighted by molar-refractivity contribution is 0.0946. The standard InChI is InChI=1S/C14H18N2O/c1-4-11(5-2)16-14(17)12-9-7-8-10-13(12)15-6-3/h1,7-11,15H,5-6H2,2-3H3,(H,16,17). The van der Waals surface area contributed by atoms with Crippen LogP contribution in [0, 0.1) is 12.3 Å².